The molecule has 1 fully saturated rings. The van der Waals surface area contributed by atoms with E-state index in [2.05, 4.69) is 11.1 Å². The zero-order valence-electron chi connectivity index (χ0n) is 18.6. The van der Waals surface area contributed by atoms with Crippen molar-refractivity contribution in [2.75, 3.05) is 13.1 Å². The van der Waals surface area contributed by atoms with Crippen LogP contribution in [0.2, 0.25) is 0 Å². The maximum Gasteiger partial charge on any atom is 0.246 e. The van der Waals surface area contributed by atoms with Crippen molar-refractivity contribution in [2.24, 2.45) is 0 Å². The second-order valence-electron chi connectivity index (χ2n) is 9.04. The first-order chi connectivity index (χ1) is 16.6. The van der Waals surface area contributed by atoms with Gasteiger partial charge < -0.3 is 19.9 Å². The molecule has 2 N–H and O–H groups in total. The van der Waals surface area contributed by atoms with Crippen LogP contribution in [0.15, 0.2) is 84.9 Å². The van der Waals surface area contributed by atoms with Crippen molar-refractivity contribution in [3.8, 4) is 0 Å². The number of hydrogen-bond donors (Lipinski definition) is 2. The van der Waals surface area contributed by atoms with Crippen LogP contribution in [0.25, 0.3) is 10.9 Å². The summed E-state index contributed by atoms with van der Waals surface area (Å²) in [6.07, 6.45) is -0.396. The molecule has 0 spiro atoms. The van der Waals surface area contributed by atoms with Crippen molar-refractivity contribution in [1.29, 1.82) is 0 Å². The Morgan fingerprint density at radius 2 is 1.59 bits per heavy atom. The molecule has 1 aromatic heterocycles. The van der Waals surface area contributed by atoms with Crippen molar-refractivity contribution in [3.05, 3.63) is 107 Å². The van der Waals surface area contributed by atoms with Gasteiger partial charge in [-0.25, -0.2) is 0 Å². The first-order valence-corrected chi connectivity index (χ1v) is 11.6. The number of β-amino-alcohol motifs (C(OH)–C–C–N with tert-alkyl or cyclic N) is 1. The van der Waals surface area contributed by atoms with Crippen LogP contribution >= 0.6 is 0 Å². The van der Waals surface area contributed by atoms with Crippen LogP contribution in [0.3, 0.4) is 0 Å². The smallest absolute Gasteiger partial charge is 0.246 e. The van der Waals surface area contributed by atoms with E-state index in [-0.39, 0.29) is 30.9 Å². The quantitative estimate of drug-likeness (QED) is 0.498. The van der Waals surface area contributed by atoms with E-state index in [1.165, 1.54) is 4.90 Å². The highest BCUT2D eigenvalue weighted by molar-refractivity contribution is 5.97. The van der Waals surface area contributed by atoms with Gasteiger partial charge in [0, 0.05) is 23.0 Å². The zero-order valence-corrected chi connectivity index (χ0v) is 18.6. The van der Waals surface area contributed by atoms with E-state index in [0.717, 1.165) is 33.3 Å². The number of carbonyl (C=O) groups excluding carboxylic acids is 2. The number of nitrogens with one attached hydrogen (secondary N) is 1. The Hall–Kier alpha value is -3.90. The number of rotatable bonds is 4. The maximum absolute atomic E-state index is 13.7. The second-order valence-corrected chi connectivity index (χ2v) is 9.04. The molecular formula is C28H25N3O3. The predicted octanol–water partition coefficient (Wildman–Crippen LogP) is 3.59. The molecule has 170 valence electrons. The summed E-state index contributed by atoms with van der Waals surface area (Å²) in [5.41, 5.74) is 4.76. The summed E-state index contributed by atoms with van der Waals surface area (Å²) >= 11 is 0. The average Bonchev–Trinajstić information content (AvgIpc) is 3.25. The number of fused-ring (bicyclic) bond motifs is 4. The molecule has 1 saturated heterocycles. The second kappa shape index (κ2) is 8.15. The van der Waals surface area contributed by atoms with Crippen LogP contribution in [0, 0.1) is 0 Å². The molecule has 3 atom stereocenters. The Labute approximate surface area is 197 Å². The monoisotopic (exact) mass is 451 g/mol. The number of aliphatic hydroxyl groups is 1. The number of nitrogens with zero attached hydrogens (tertiary/aromatic N) is 2. The van der Waals surface area contributed by atoms with Gasteiger partial charge in [-0.1, -0.05) is 78.9 Å². The minimum Gasteiger partial charge on any atom is -0.387 e. The summed E-state index contributed by atoms with van der Waals surface area (Å²) in [7, 11) is 0. The number of aromatic nitrogens is 1. The number of aliphatic hydroxyl groups excluding tert-OH is 1. The molecule has 3 aromatic carbocycles. The lowest BCUT2D eigenvalue weighted by molar-refractivity contribution is -0.159. The standard InChI is InChI=1S/C28H25N3O3/c32-24(18-9-3-1-4-10-18)16-30-17-25(33)31-23(28(30)34)15-21-20-13-7-8-14-22(20)29-26(21)27(31)19-11-5-2-6-12-19/h1-14,23-24,27,29,32H,15-17H2/t23-,24+,27-/m0/s1. The van der Waals surface area contributed by atoms with Gasteiger partial charge in [-0.3, -0.25) is 9.59 Å². The molecule has 34 heavy (non-hydrogen) atoms. The molecule has 2 aliphatic rings. The Morgan fingerprint density at radius 1 is 0.912 bits per heavy atom. The zero-order chi connectivity index (χ0) is 23.2. The number of amides is 2. The van der Waals surface area contributed by atoms with Crippen LogP contribution in [0.4, 0.5) is 0 Å². The third-order valence-electron chi connectivity index (χ3n) is 7.04. The summed E-state index contributed by atoms with van der Waals surface area (Å²) in [5, 5.41) is 11.8. The van der Waals surface area contributed by atoms with Crippen LogP contribution in [-0.2, 0) is 16.0 Å². The molecular weight excluding hydrogens is 426 g/mol. The highest BCUT2D eigenvalue weighted by Crippen LogP contribution is 2.42. The van der Waals surface area contributed by atoms with Gasteiger partial charge in [-0.2, -0.15) is 0 Å². The Balaban J connectivity index is 1.41. The van der Waals surface area contributed by atoms with E-state index in [0.29, 0.717) is 6.42 Å². The first-order valence-electron chi connectivity index (χ1n) is 11.6. The number of aromatic amines is 1. The summed E-state index contributed by atoms with van der Waals surface area (Å²) in [6, 6.07) is 26.2. The number of hydrogen-bond acceptors (Lipinski definition) is 3. The van der Waals surface area contributed by atoms with Gasteiger partial charge in [0.15, 0.2) is 0 Å². The number of piperazine rings is 1. The van der Waals surface area contributed by atoms with Crippen LogP contribution in [-0.4, -0.2) is 50.8 Å². The Morgan fingerprint density at radius 3 is 2.35 bits per heavy atom. The molecule has 2 amide bonds. The summed E-state index contributed by atoms with van der Waals surface area (Å²) in [6.45, 7) is 0.0494. The predicted molar refractivity (Wildman–Crippen MR) is 129 cm³/mol. The highest BCUT2D eigenvalue weighted by Gasteiger charge is 2.48. The van der Waals surface area contributed by atoms with Gasteiger partial charge in [0.2, 0.25) is 11.8 Å². The van der Waals surface area contributed by atoms with Crippen molar-refractivity contribution in [1.82, 2.24) is 14.8 Å². The van der Waals surface area contributed by atoms with Gasteiger partial charge in [0.05, 0.1) is 25.2 Å². The average molecular weight is 452 g/mol. The molecule has 6 rings (SSSR count). The third kappa shape index (κ3) is 3.30. The number of benzene rings is 3. The van der Waals surface area contributed by atoms with Gasteiger partial charge >= 0.3 is 0 Å². The van der Waals surface area contributed by atoms with Crippen molar-refractivity contribution in [3.63, 3.8) is 0 Å². The van der Waals surface area contributed by atoms with Crippen molar-refractivity contribution >= 4 is 22.7 Å². The molecule has 3 heterocycles. The van der Waals surface area contributed by atoms with E-state index in [1.54, 1.807) is 4.90 Å². The first kappa shape index (κ1) is 20.7. The molecule has 6 nitrogen and oxygen atoms in total. The maximum atomic E-state index is 13.7. The van der Waals surface area contributed by atoms with Crippen LogP contribution in [0.1, 0.15) is 34.5 Å². The molecule has 0 saturated carbocycles. The van der Waals surface area contributed by atoms with E-state index in [1.807, 2.05) is 78.9 Å². The number of para-hydroxylation sites is 1. The van der Waals surface area contributed by atoms with E-state index in [4.69, 9.17) is 0 Å². The molecule has 2 aliphatic heterocycles. The van der Waals surface area contributed by atoms with E-state index in [9.17, 15) is 14.7 Å². The number of carbonyl (C=O) groups is 2. The lowest BCUT2D eigenvalue weighted by Crippen LogP contribution is -2.63. The minimum atomic E-state index is -0.846. The van der Waals surface area contributed by atoms with Gasteiger partial charge in [-0.05, 0) is 22.8 Å². The lowest BCUT2D eigenvalue weighted by atomic mass is 9.86. The van der Waals surface area contributed by atoms with Crippen molar-refractivity contribution < 1.29 is 14.7 Å². The summed E-state index contributed by atoms with van der Waals surface area (Å²) in [4.78, 5) is 34.1. The van der Waals surface area contributed by atoms with Crippen molar-refractivity contribution in [2.45, 2.75) is 24.6 Å². The normalized spacial score (nSPS) is 20.9. The van der Waals surface area contributed by atoms with Crippen LogP contribution < -0.4 is 0 Å². The fourth-order valence-electron chi connectivity index (χ4n) is 5.45. The molecule has 0 unspecified atom stereocenters. The topological polar surface area (TPSA) is 76.6 Å². The molecule has 0 radical (unpaired) electrons. The summed E-state index contributed by atoms with van der Waals surface area (Å²) in [5.74, 6) is -0.227. The molecule has 0 bridgehead atoms. The van der Waals surface area contributed by atoms with E-state index < -0.39 is 12.1 Å². The summed E-state index contributed by atoms with van der Waals surface area (Å²) < 4.78 is 0. The fraction of sp³-hybridized carbons (Fsp3) is 0.214. The van der Waals surface area contributed by atoms with Gasteiger partial charge in [0.25, 0.3) is 0 Å². The highest BCUT2D eigenvalue weighted by atomic mass is 16.3. The SMILES string of the molecule is O=C1[C@@H]2Cc3c([nH]c4ccccc34)[C@H](c3ccccc3)N2C(=O)CN1C[C@@H](O)c1ccccc1. The Bertz CT molecular complexity index is 1370. The van der Waals surface area contributed by atoms with Gasteiger partial charge in [-0.15, -0.1) is 0 Å². The lowest BCUT2D eigenvalue weighted by Gasteiger charge is -2.47. The molecule has 4 aromatic rings. The largest absolute Gasteiger partial charge is 0.387 e. The minimum absolute atomic E-state index is 0.0435. The van der Waals surface area contributed by atoms with E-state index >= 15 is 0 Å². The molecule has 6 heteroatoms. The molecule has 0 aliphatic carbocycles. The van der Waals surface area contributed by atoms with Crippen LogP contribution in [0.5, 0.6) is 0 Å². The van der Waals surface area contributed by atoms with Gasteiger partial charge in [0.1, 0.15) is 6.04 Å². The Kier molecular flexibility index (Phi) is 4.96. The number of H-pyrrole nitrogens is 1. The third-order valence-corrected chi connectivity index (χ3v) is 7.04. The fourth-order valence-corrected chi connectivity index (χ4v) is 5.45.